The third-order valence-electron chi connectivity index (χ3n) is 4.36. The number of H-pyrrole nitrogens is 1. The molecule has 1 aliphatic heterocycles. The molecule has 7 heteroatoms. The smallest absolute Gasteiger partial charge is 0.272 e. The maximum atomic E-state index is 14.4. The van der Waals surface area contributed by atoms with Crippen molar-refractivity contribution >= 4 is 28.1 Å². The van der Waals surface area contributed by atoms with E-state index in [1.54, 1.807) is 12.1 Å². The first-order valence-electron chi connectivity index (χ1n) is 7.39. The first-order chi connectivity index (χ1) is 11.5. The van der Waals surface area contributed by atoms with Gasteiger partial charge in [-0.1, -0.05) is 17.7 Å². The number of hydrogen-bond donors (Lipinski definition) is 2. The van der Waals surface area contributed by atoms with Gasteiger partial charge in [0.25, 0.3) is 5.56 Å². The zero-order valence-corrected chi connectivity index (χ0v) is 13.3. The van der Waals surface area contributed by atoms with Crippen molar-refractivity contribution in [2.45, 2.75) is 18.9 Å². The van der Waals surface area contributed by atoms with E-state index >= 15 is 0 Å². The highest BCUT2D eigenvalue weighted by Crippen LogP contribution is 2.41. The van der Waals surface area contributed by atoms with Crippen LogP contribution in [0.3, 0.4) is 0 Å². The number of benzene rings is 2. The fourth-order valence-corrected chi connectivity index (χ4v) is 3.52. The standard InChI is InChI=1S/C17H12ClF2N3O/c1-7-14(10-3-2-8(18)4-12(10)20)16-15-11(17(24)23-22-16)5-9(19)6-13(15)21-7/h2-7,14,21H,1H3,(H,23,24)/t7-,14?/m1/s1. The molecule has 1 unspecified atom stereocenters. The van der Waals surface area contributed by atoms with Crippen LogP contribution in [0.2, 0.25) is 5.02 Å². The van der Waals surface area contributed by atoms with E-state index in [1.807, 2.05) is 6.92 Å². The van der Waals surface area contributed by atoms with Crippen LogP contribution in [-0.4, -0.2) is 16.2 Å². The lowest BCUT2D eigenvalue weighted by Crippen LogP contribution is -2.32. The van der Waals surface area contributed by atoms with Crippen LogP contribution in [-0.2, 0) is 0 Å². The highest BCUT2D eigenvalue weighted by atomic mass is 35.5. The van der Waals surface area contributed by atoms with Crippen molar-refractivity contribution in [1.82, 2.24) is 10.2 Å². The van der Waals surface area contributed by atoms with Crippen molar-refractivity contribution in [1.29, 1.82) is 0 Å². The number of aromatic nitrogens is 2. The van der Waals surface area contributed by atoms with E-state index in [2.05, 4.69) is 15.5 Å². The van der Waals surface area contributed by atoms with Crippen LogP contribution >= 0.6 is 11.6 Å². The number of anilines is 1. The van der Waals surface area contributed by atoms with Crippen LogP contribution < -0.4 is 10.9 Å². The molecule has 0 fully saturated rings. The van der Waals surface area contributed by atoms with Crippen LogP contribution in [0.5, 0.6) is 0 Å². The molecule has 0 aliphatic carbocycles. The van der Waals surface area contributed by atoms with Gasteiger partial charge in [-0.2, -0.15) is 5.10 Å². The largest absolute Gasteiger partial charge is 0.381 e. The first-order valence-corrected chi connectivity index (χ1v) is 7.77. The summed E-state index contributed by atoms with van der Waals surface area (Å²) in [5.41, 5.74) is 0.917. The quantitative estimate of drug-likeness (QED) is 0.704. The number of hydrogen-bond acceptors (Lipinski definition) is 3. The van der Waals surface area contributed by atoms with Crippen molar-refractivity contribution in [3.8, 4) is 0 Å². The molecule has 0 radical (unpaired) electrons. The zero-order valence-electron chi connectivity index (χ0n) is 12.5. The predicted molar refractivity (Wildman–Crippen MR) is 88.7 cm³/mol. The van der Waals surface area contributed by atoms with Crippen molar-refractivity contribution in [3.05, 3.63) is 68.6 Å². The molecule has 122 valence electrons. The van der Waals surface area contributed by atoms with Crippen LogP contribution in [0, 0.1) is 11.6 Å². The monoisotopic (exact) mass is 347 g/mol. The van der Waals surface area contributed by atoms with Crippen molar-refractivity contribution in [2.24, 2.45) is 0 Å². The summed E-state index contributed by atoms with van der Waals surface area (Å²) in [7, 11) is 0. The maximum absolute atomic E-state index is 14.4. The summed E-state index contributed by atoms with van der Waals surface area (Å²) in [5, 5.41) is 10.7. The molecule has 4 rings (SSSR count). The normalized spacial score (nSPS) is 19.3. The topological polar surface area (TPSA) is 57.8 Å². The molecule has 4 nitrogen and oxygen atoms in total. The second kappa shape index (κ2) is 5.27. The van der Waals surface area contributed by atoms with E-state index < -0.39 is 23.1 Å². The zero-order chi connectivity index (χ0) is 17.0. The van der Waals surface area contributed by atoms with Gasteiger partial charge in [0.15, 0.2) is 0 Å². The van der Waals surface area contributed by atoms with Gasteiger partial charge >= 0.3 is 0 Å². The summed E-state index contributed by atoms with van der Waals surface area (Å²) < 4.78 is 28.2. The Morgan fingerprint density at radius 2 is 2.00 bits per heavy atom. The maximum Gasteiger partial charge on any atom is 0.272 e. The van der Waals surface area contributed by atoms with Gasteiger partial charge in [0.05, 0.1) is 17.0 Å². The Morgan fingerprint density at radius 1 is 1.21 bits per heavy atom. The van der Waals surface area contributed by atoms with E-state index in [1.165, 1.54) is 12.1 Å². The summed E-state index contributed by atoms with van der Waals surface area (Å²) in [6.45, 7) is 1.85. The first kappa shape index (κ1) is 15.1. The Bertz CT molecular complexity index is 1030. The molecule has 2 atom stereocenters. The van der Waals surface area contributed by atoms with Crippen molar-refractivity contribution < 1.29 is 8.78 Å². The molecule has 2 N–H and O–H groups in total. The van der Waals surface area contributed by atoms with E-state index in [0.717, 1.165) is 6.07 Å². The molecule has 0 bridgehead atoms. The molecule has 1 aliphatic rings. The minimum absolute atomic E-state index is 0.189. The third-order valence-corrected chi connectivity index (χ3v) is 4.59. The highest BCUT2D eigenvalue weighted by Gasteiger charge is 2.33. The number of nitrogens with zero attached hydrogens (tertiary/aromatic N) is 1. The van der Waals surface area contributed by atoms with Gasteiger partial charge in [0.1, 0.15) is 11.6 Å². The molecule has 2 aromatic carbocycles. The van der Waals surface area contributed by atoms with E-state index in [0.29, 0.717) is 27.4 Å². The molecular formula is C17H12ClF2N3O. The minimum atomic E-state index is -0.518. The highest BCUT2D eigenvalue weighted by molar-refractivity contribution is 6.30. The van der Waals surface area contributed by atoms with Gasteiger partial charge < -0.3 is 5.32 Å². The Balaban J connectivity index is 2.04. The Morgan fingerprint density at radius 3 is 2.75 bits per heavy atom. The van der Waals surface area contributed by atoms with Crippen LogP contribution in [0.15, 0.2) is 35.1 Å². The van der Waals surface area contributed by atoms with Crippen molar-refractivity contribution in [3.63, 3.8) is 0 Å². The number of aromatic amines is 1. The molecular weight excluding hydrogens is 336 g/mol. The van der Waals surface area contributed by atoms with Crippen LogP contribution in [0.1, 0.15) is 24.1 Å². The fourth-order valence-electron chi connectivity index (χ4n) is 3.36. The molecule has 24 heavy (non-hydrogen) atoms. The van der Waals surface area contributed by atoms with E-state index in [9.17, 15) is 13.6 Å². The predicted octanol–water partition coefficient (Wildman–Crippen LogP) is 3.80. The summed E-state index contributed by atoms with van der Waals surface area (Å²) >= 11 is 5.83. The molecule has 0 saturated carbocycles. The molecule has 1 aromatic heterocycles. The summed E-state index contributed by atoms with van der Waals surface area (Å²) in [4.78, 5) is 12.0. The lowest BCUT2D eigenvalue weighted by molar-refractivity contribution is 0.567. The van der Waals surface area contributed by atoms with Gasteiger partial charge in [-0.3, -0.25) is 4.79 Å². The van der Waals surface area contributed by atoms with Crippen LogP contribution in [0.25, 0.3) is 10.8 Å². The van der Waals surface area contributed by atoms with Gasteiger partial charge in [-0.15, -0.1) is 0 Å². The lowest BCUT2D eigenvalue weighted by Gasteiger charge is -2.32. The Labute approximate surface area is 140 Å². The minimum Gasteiger partial charge on any atom is -0.381 e. The second-order valence-corrected chi connectivity index (χ2v) is 6.33. The van der Waals surface area contributed by atoms with E-state index in [4.69, 9.17) is 11.6 Å². The molecule has 0 spiro atoms. The lowest BCUT2D eigenvalue weighted by atomic mass is 9.83. The van der Waals surface area contributed by atoms with Gasteiger partial charge in [-0.25, -0.2) is 13.9 Å². The van der Waals surface area contributed by atoms with Crippen molar-refractivity contribution in [2.75, 3.05) is 5.32 Å². The number of nitrogens with one attached hydrogen (secondary N) is 2. The van der Waals surface area contributed by atoms with E-state index in [-0.39, 0.29) is 11.4 Å². The van der Waals surface area contributed by atoms with Gasteiger partial charge in [-0.05, 0) is 36.8 Å². The molecule has 0 saturated heterocycles. The molecule has 3 aromatic rings. The van der Waals surface area contributed by atoms with Gasteiger partial charge in [0, 0.05) is 22.1 Å². The summed E-state index contributed by atoms with van der Waals surface area (Å²) in [6.07, 6.45) is 0. The molecule has 2 heterocycles. The second-order valence-electron chi connectivity index (χ2n) is 5.89. The fraction of sp³-hybridized carbons (Fsp3) is 0.176. The Hall–Kier alpha value is -2.47. The SMILES string of the molecule is C[C@H]1Nc2cc(F)cc3c(=O)[nH]nc(c23)C1c1ccc(Cl)cc1F. The van der Waals surface area contributed by atoms with Crippen LogP contribution in [0.4, 0.5) is 14.5 Å². The average Bonchev–Trinajstić information content (AvgIpc) is 2.51. The Kier molecular flexibility index (Phi) is 3.31. The summed E-state index contributed by atoms with van der Waals surface area (Å²) in [6, 6.07) is 6.68. The number of rotatable bonds is 1. The average molecular weight is 348 g/mol. The van der Waals surface area contributed by atoms with Gasteiger partial charge in [0.2, 0.25) is 0 Å². The molecule has 0 amide bonds. The third kappa shape index (κ3) is 2.17. The summed E-state index contributed by atoms with van der Waals surface area (Å²) in [5.74, 6) is -1.41. The number of halogens is 3.